The topological polar surface area (TPSA) is 64.1 Å². The number of rotatable bonds is 7. The fourth-order valence-electron chi connectivity index (χ4n) is 4.36. The van der Waals surface area contributed by atoms with Gasteiger partial charge in [0.2, 0.25) is 5.91 Å². The molecule has 1 saturated carbocycles. The average molecular weight is 400 g/mol. The van der Waals surface area contributed by atoms with Crippen LogP contribution in [-0.4, -0.2) is 77.6 Å². The highest BCUT2D eigenvalue weighted by atomic mass is 16.4. The first-order valence-electron chi connectivity index (χ1n) is 10.5. The van der Waals surface area contributed by atoms with Crippen molar-refractivity contribution in [2.24, 2.45) is 5.92 Å². The van der Waals surface area contributed by atoms with Crippen LogP contribution in [0.3, 0.4) is 0 Å². The number of hydrogen-bond acceptors (Lipinski definition) is 3. The summed E-state index contributed by atoms with van der Waals surface area (Å²) in [6.07, 6.45) is 4.49. The Morgan fingerprint density at radius 1 is 1.17 bits per heavy atom. The Kier molecular flexibility index (Phi) is 6.96. The molecule has 158 valence electrons. The van der Waals surface area contributed by atoms with Gasteiger partial charge in [0.25, 0.3) is 0 Å². The van der Waals surface area contributed by atoms with Crippen molar-refractivity contribution >= 4 is 18.1 Å². The smallest absolute Gasteiger partial charge is 0.407 e. The summed E-state index contributed by atoms with van der Waals surface area (Å²) in [6.45, 7) is 4.57. The zero-order chi connectivity index (χ0) is 21.0. The Bertz CT molecular complexity index is 739. The molecular weight excluding hydrogens is 366 g/mol. The second-order valence-electron chi connectivity index (χ2n) is 8.51. The van der Waals surface area contributed by atoms with Crippen LogP contribution in [0.2, 0.25) is 0 Å². The van der Waals surface area contributed by atoms with Gasteiger partial charge in [0.15, 0.2) is 0 Å². The van der Waals surface area contributed by atoms with E-state index in [2.05, 4.69) is 30.0 Å². The molecule has 3 rings (SSSR count). The third kappa shape index (κ3) is 5.60. The molecule has 2 atom stereocenters. The molecule has 1 aromatic rings. The van der Waals surface area contributed by atoms with Crippen LogP contribution in [0.25, 0.3) is 6.08 Å². The van der Waals surface area contributed by atoms with E-state index in [-0.39, 0.29) is 18.0 Å². The molecule has 2 aliphatic rings. The molecule has 2 fully saturated rings. The molecule has 0 aromatic heterocycles. The first kappa shape index (κ1) is 21.4. The lowest BCUT2D eigenvalue weighted by Crippen LogP contribution is -2.48. The molecule has 0 bridgehead atoms. The van der Waals surface area contributed by atoms with Crippen LogP contribution >= 0.6 is 0 Å². The van der Waals surface area contributed by atoms with E-state index < -0.39 is 6.09 Å². The highest BCUT2D eigenvalue weighted by Gasteiger charge is 2.47. The van der Waals surface area contributed by atoms with E-state index in [1.807, 2.05) is 18.2 Å². The zero-order valence-corrected chi connectivity index (χ0v) is 17.8. The van der Waals surface area contributed by atoms with Gasteiger partial charge in [-0.05, 0) is 31.7 Å². The Hall–Kier alpha value is -2.34. The second kappa shape index (κ2) is 9.44. The number of carbonyl (C=O) groups excluding carboxylic acids is 1. The highest BCUT2D eigenvalue weighted by molar-refractivity contribution is 5.75. The lowest BCUT2D eigenvalue weighted by atomic mass is 10.0. The number of amides is 2. The van der Waals surface area contributed by atoms with Gasteiger partial charge in [0, 0.05) is 58.2 Å². The zero-order valence-electron chi connectivity index (χ0n) is 17.8. The Morgan fingerprint density at radius 3 is 2.41 bits per heavy atom. The summed E-state index contributed by atoms with van der Waals surface area (Å²) < 4.78 is 0. The lowest BCUT2D eigenvalue weighted by Gasteiger charge is -2.37. The van der Waals surface area contributed by atoms with Crippen LogP contribution in [0.4, 0.5) is 4.79 Å². The van der Waals surface area contributed by atoms with Crippen LogP contribution < -0.4 is 0 Å². The van der Waals surface area contributed by atoms with Crippen LogP contribution in [0, 0.1) is 5.92 Å². The Balaban J connectivity index is 1.53. The van der Waals surface area contributed by atoms with E-state index >= 15 is 0 Å². The van der Waals surface area contributed by atoms with Gasteiger partial charge < -0.3 is 19.8 Å². The summed E-state index contributed by atoms with van der Waals surface area (Å²) in [5.74, 6) is 0.461. The van der Waals surface area contributed by atoms with Crippen LogP contribution in [0.1, 0.15) is 38.2 Å². The van der Waals surface area contributed by atoms with Gasteiger partial charge in [-0.2, -0.15) is 0 Å². The maximum atomic E-state index is 12.0. The molecule has 1 unspecified atom stereocenters. The number of carbonyl (C=O) groups is 2. The van der Waals surface area contributed by atoms with Crippen molar-refractivity contribution in [2.45, 2.75) is 44.7 Å². The van der Waals surface area contributed by atoms with Gasteiger partial charge >= 0.3 is 6.09 Å². The van der Waals surface area contributed by atoms with Crippen molar-refractivity contribution in [3.8, 4) is 0 Å². The maximum Gasteiger partial charge on any atom is 0.407 e. The van der Waals surface area contributed by atoms with Gasteiger partial charge in [0.05, 0.1) is 0 Å². The second-order valence-corrected chi connectivity index (χ2v) is 8.51. The number of benzene rings is 1. The Morgan fingerprint density at radius 2 is 1.83 bits per heavy atom. The molecule has 1 aliphatic carbocycles. The first-order chi connectivity index (χ1) is 13.9. The summed E-state index contributed by atoms with van der Waals surface area (Å²) in [5, 5.41) is 9.87. The van der Waals surface area contributed by atoms with E-state index in [1.54, 1.807) is 23.9 Å². The fraction of sp³-hybridized carbons (Fsp3) is 0.565. The van der Waals surface area contributed by atoms with Gasteiger partial charge in [0.1, 0.15) is 0 Å². The minimum atomic E-state index is -0.800. The van der Waals surface area contributed by atoms with Gasteiger partial charge in [-0.25, -0.2) is 4.79 Å². The normalized spacial score (nSPS) is 22.9. The number of carboxylic acid groups (broad SMARTS) is 1. The average Bonchev–Trinajstić information content (AvgIpc) is 3.48. The number of likely N-dealkylation sites (tertiary alicyclic amines) is 1. The van der Waals surface area contributed by atoms with Crippen LogP contribution in [0.15, 0.2) is 35.9 Å². The van der Waals surface area contributed by atoms with Crippen molar-refractivity contribution in [1.82, 2.24) is 14.7 Å². The third-order valence-corrected chi connectivity index (χ3v) is 6.20. The summed E-state index contributed by atoms with van der Waals surface area (Å²) in [5.41, 5.74) is 2.42. The molecule has 0 radical (unpaired) electrons. The summed E-state index contributed by atoms with van der Waals surface area (Å²) in [6, 6.07) is 10.4. The quantitative estimate of drug-likeness (QED) is 0.763. The van der Waals surface area contributed by atoms with Crippen LogP contribution in [-0.2, 0) is 4.79 Å². The molecule has 0 spiro atoms. The van der Waals surface area contributed by atoms with Gasteiger partial charge in [-0.1, -0.05) is 42.0 Å². The first-order valence-corrected chi connectivity index (χ1v) is 10.5. The molecule has 1 aliphatic heterocycles. The van der Waals surface area contributed by atoms with Crippen molar-refractivity contribution in [3.05, 3.63) is 41.5 Å². The van der Waals surface area contributed by atoms with Crippen molar-refractivity contribution < 1.29 is 14.7 Å². The van der Waals surface area contributed by atoms with E-state index in [0.717, 1.165) is 44.5 Å². The van der Waals surface area contributed by atoms with Crippen molar-refractivity contribution in [2.75, 3.05) is 33.7 Å². The lowest BCUT2D eigenvalue weighted by molar-refractivity contribution is -0.129. The molecule has 1 saturated heterocycles. The van der Waals surface area contributed by atoms with Crippen LogP contribution in [0.5, 0.6) is 0 Å². The van der Waals surface area contributed by atoms with Gasteiger partial charge in [-0.3, -0.25) is 4.79 Å². The summed E-state index contributed by atoms with van der Waals surface area (Å²) >= 11 is 0. The van der Waals surface area contributed by atoms with E-state index in [9.17, 15) is 14.7 Å². The molecule has 29 heavy (non-hydrogen) atoms. The molecular formula is C23H33N3O3. The molecule has 1 aromatic carbocycles. The van der Waals surface area contributed by atoms with Crippen molar-refractivity contribution in [3.63, 3.8) is 0 Å². The van der Waals surface area contributed by atoms with E-state index in [0.29, 0.717) is 12.3 Å². The van der Waals surface area contributed by atoms with E-state index in [1.165, 1.54) is 5.57 Å². The van der Waals surface area contributed by atoms with E-state index in [4.69, 9.17) is 0 Å². The summed E-state index contributed by atoms with van der Waals surface area (Å²) in [4.78, 5) is 29.4. The minimum absolute atomic E-state index is 0.0767. The highest BCUT2D eigenvalue weighted by Crippen LogP contribution is 2.44. The molecule has 6 nitrogen and oxygen atoms in total. The molecule has 1 heterocycles. The third-order valence-electron chi connectivity index (χ3n) is 6.20. The Labute approximate surface area is 173 Å². The predicted molar refractivity (Wildman–Crippen MR) is 115 cm³/mol. The van der Waals surface area contributed by atoms with Gasteiger partial charge in [-0.15, -0.1) is 0 Å². The number of hydrogen-bond donors (Lipinski definition) is 1. The molecule has 2 amide bonds. The number of nitrogens with zero attached hydrogens (tertiary/aromatic N) is 3. The molecule has 6 heteroatoms. The maximum absolute atomic E-state index is 12.0. The largest absolute Gasteiger partial charge is 0.465 e. The molecule has 1 N–H and O–H groups in total. The predicted octanol–water partition coefficient (Wildman–Crippen LogP) is 3.40. The SMILES string of the molecule is CC(=Cc1ccccc1)C1C[C@@H]1N(C(=O)O)C1CCN(CCC(=O)N(C)C)CC1. The monoisotopic (exact) mass is 399 g/mol. The minimum Gasteiger partial charge on any atom is -0.465 e. The summed E-state index contributed by atoms with van der Waals surface area (Å²) in [7, 11) is 3.55. The van der Waals surface area contributed by atoms with Crippen molar-refractivity contribution in [1.29, 1.82) is 0 Å². The standard InChI is InChI=1S/C23H33N3O3/c1-17(15-18-7-5-4-6-8-18)20-16-21(20)26(23(28)29)19-9-12-25(13-10-19)14-11-22(27)24(2)3/h4-8,15,19-21H,9-14,16H2,1-3H3,(H,28,29)/t20?,21-/m0/s1. The fourth-order valence-corrected chi connectivity index (χ4v) is 4.36. The number of piperidine rings is 1.